The van der Waals surface area contributed by atoms with Gasteiger partial charge in [0.1, 0.15) is 0 Å². The molecular weight excluding hydrogens is 250 g/mol. The Morgan fingerprint density at radius 3 is 2.90 bits per heavy atom. The van der Waals surface area contributed by atoms with Crippen LogP contribution in [0, 0.1) is 12.0 Å². The molecule has 0 radical (unpaired) electrons. The Labute approximate surface area is 117 Å². The molecule has 1 N–H and O–H groups in total. The van der Waals surface area contributed by atoms with E-state index >= 15 is 0 Å². The standard InChI is InChI=1S/C16H15N3O/c1-16(2)7-13-11(15(20)8-16)6-12(19-13)10-4-5-18-9-14(10)17-3/h4-6,9,19H,7-8H2,1-2H3. The molecule has 0 aromatic carbocycles. The Balaban J connectivity index is 2.11. The molecule has 1 aliphatic rings. The van der Waals surface area contributed by atoms with Crippen LogP contribution in [0.2, 0.25) is 0 Å². The van der Waals surface area contributed by atoms with E-state index in [1.54, 1.807) is 18.5 Å². The Morgan fingerprint density at radius 1 is 1.35 bits per heavy atom. The van der Waals surface area contributed by atoms with Gasteiger partial charge in [-0.2, -0.15) is 0 Å². The number of pyridine rings is 1. The van der Waals surface area contributed by atoms with Crippen LogP contribution in [0.1, 0.15) is 36.3 Å². The molecule has 0 atom stereocenters. The van der Waals surface area contributed by atoms with Gasteiger partial charge in [-0.3, -0.25) is 9.78 Å². The van der Waals surface area contributed by atoms with E-state index < -0.39 is 0 Å². The lowest BCUT2D eigenvalue weighted by molar-refractivity contribution is 0.0912. The first-order chi connectivity index (χ1) is 9.50. The number of rotatable bonds is 1. The maximum atomic E-state index is 12.2. The minimum absolute atomic E-state index is 0.00687. The first kappa shape index (κ1) is 12.6. The Hall–Kier alpha value is -2.41. The van der Waals surface area contributed by atoms with E-state index in [1.807, 2.05) is 6.07 Å². The fourth-order valence-electron chi connectivity index (χ4n) is 2.80. The summed E-state index contributed by atoms with van der Waals surface area (Å²) in [6.45, 7) is 11.4. The van der Waals surface area contributed by atoms with Gasteiger partial charge in [0.25, 0.3) is 0 Å². The number of ketones is 1. The van der Waals surface area contributed by atoms with Crippen LogP contribution >= 0.6 is 0 Å². The highest BCUT2D eigenvalue weighted by Crippen LogP contribution is 2.38. The third kappa shape index (κ3) is 2.01. The number of carbonyl (C=O) groups is 1. The van der Waals surface area contributed by atoms with Crippen molar-refractivity contribution >= 4 is 11.5 Å². The average molecular weight is 265 g/mol. The fourth-order valence-corrected chi connectivity index (χ4v) is 2.80. The van der Waals surface area contributed by atoms with Crippen molar-refractivity contribution in [1.29, 1.82) is 0 Å². The van der Waals surface area contributed by atoms with Gasteiger partial charge in [0.05, 0.1) is 6.57 Å². The second-order valence-electron chi connectivity index (χ2n) is 6.02. The molecule has 0 bridgehead atoms. The van der Waals surface area contributed by atoms with E-state index in [0.29, 0.717) is 12.1 Å². The van der Waals surface area contributed by atoms with Crippen LogP contribution in [0.15, 0.2) is 24.5 Å². The summed E-state index contributed by atoms with van der Waals surface area (Å²) < 4.78 is 0. The Kier molecular flexibility index (Phi) is 2.72. The normalized spacial score (nSPS) is 16.6. The summed E-state index contributed by atoms with van der Waals surface area (Å²) >= 11 is 0. The number of aromatic nitrogens is 2. The van der Waals surface area contributed by atoms with Crippen molar-refractivity contribution in [3.8, 4) is 11.3 Å². The summed E-state index contributed by atoms with van der Waals surface area (Å²) in [6, 6.07) is 3.68. The number of hydrogen-bond acceptors (Lipinski definition) is 2. The topological polar surface area (TPSA) is 50.1 Å². The molecule has 3 rings (SSSR count). The van der Waals surface area contributed by atoms with Crippen LogP contribution in [0.4, 0.5) is 5.69 Å². The summed E-state index contributed by atoms with van der Waals surface area (Å²) in [5.41, 5.74) is 3.87. The zero-order chi connectivity index (χ0) is 14.3. The molecule has 2 heterocycles. The van der Waals surface area contributed by atoms with Gasteiger partial charge in [-0.1, -0.05) is 13.8 Å². The van der Waals surface area contributed by atoms with Crippen molar-refractivity contribution in [3.63, 3.8) is 0 Å². The quantitative estimate of drug-likeness (QED) is 0.798. The molecule has 0 saturated heterocycles. The van der Waals surface area contributed by atoms with Gasteiger partial charge in [-0.15, -0.1) is 0 Å². The van der Waals surface area contributed by atoms with Crippen LogP contribution < -0.4 is 0 Å². The summed E-state index contributed by atoms with van der Waals surface area (Å²) in [6.07, 6.45) is 4.64. The molecule has 0 unspecified atom stereocenters. The molecule has 1 aliphatic carbocycles. The molecule has 20 heavy (non-hydrogen) atoms. The van der Waals surface area contributed by atoms with Gasteiger partial charge in [-0.05, 0) is 24.0 Å². The summed E-state index contributed by atoms with van der Waals surface area (Å²) in [5, 5.41) is 0. The molecular formula is C16H15N3O. The van der Waals surface area contributed by atoms with Crippen LogP contribution in [-0.4, -0.2) is 15.8 Å². The predicted octanol–water partition coefficient (Wildman–Crippen LogP) is 3.78. The molecule has 0 aliphatic heterocycles. The highest BCUT2D eigenvalue weighted by atomic mass is 16.1. The smallest absolute Gasteiger partial charge is 0.214 e. The number of fused-ring (bicyclic) bond motifs is 1. The Bertz CT molecular complexity index is 734. The van der Waals surface area contributed by atoms with Crippen molar-refractivity contribution < 1.29 is 4.79 Å². The monoisotopic (exact) mass is 265 g/mol. The number of hydrogen-bond donors (Lipinski definition) is 1. The highest BCUT2D eigenvalue weighted by Gasteiger charge is 2.32. The molecule has 0 saturated carbocycles. The van der Waals surface area contributed by atoms with Crippen LogP contribution in [0.5, 0.6) is 0 Å². The molecule has 4 nitrogen and oxygen atoms in total. The minimum atomic E-state index is -0.00687. The fraction of sp³-hybridized carbons (Fsp3) is 0.312. The van der Waals surface area contributed by atoms with Crippen molar-refractivity contribution in [3.05, 3.63) is 47.2 Å². The van der Waals surface area contributed by atoms with Crippen LogP contribution in [-0.2, 0) is 6.42 Å². The Morgan fingerprint density at radius 2 is 2.15 bits per heavy atom. The molecule has 2 aromatic rings. The summed E-state index contributed by atoms with van der Waals surface area (Å²) in [4.78, 5) is 23.0. The molecule has 100 valence electrons. The van der Waals surface area contributed by atoms with Gasteiger partial charge in [0.2, 0.25) is 5.69 Å². The van der Waals surface area contributed by atoms with Crippen molar-refractivity contribution in [2.75, 3.05) is 0 Å². The zero-order valence-electron chi connectivity index (χ0n) is 11.5. The van der Waals surface area contributed by atoms with Gasteiger partial charge in [-0.25, -0.2) is 4.85 Å². The lowest BCUT2D eigenvalue weighted by Gasteiger charge is -2.27. The van der Waals surface area contributed by atoms with E-state index in [1.165, 1.54) is 0 Å². The maximum Gasteiger partial charge on any atom is 0.214 e. The van der Waals surface area contributed by atoms with Gasteiger partial charge < -0.3 is 4.98 Å². The number of nitrogens with one attached hydrogen (secondary N) is 1. The van der Waals surface area contributed by atoms with Crippen LogP contribution in [0.25, 0.3) is 16.1 Å². The average Bonchev–Trinajstić information content (AvgIpc) is 2.81. The maximum absolute atomic E-state index is 12.2. The number of H-pyrrole nitrogens is 1. The minimum Gasteiger partial charge on any atom is -0.359 e. The molecule has 4 heteroatoms. The van der Waals surface area contributed by atoms with Crippen molar-refractivity contribution in [2.45, 2.75) is 26.7 Å². The van der Waals surface area contributed by atoms with E-state index in [0.717, 1.165) is 28.9 Å². The van der Waals surface area contributed by atoms with Crippen LogP contribution in [0.3, 0.4) is 0 Å². The first-order valence-electron chi connectivity index (χ1n) is 6.57. The number of nitrogens with zero attached hydrogens (tertiary/aromatic N) is 2. The number of aromatic amines is 1. The second-order valence-corrected chi connectivity index (χ2v) is 6.02. The third-order valence-corrected chi connectivity index (χ3v) is 3.70. The van der Waals surface area contributed by atoms with Crippen molar-refractivity contribution in [2.24, 2.45) is 5.41 Å². The zero-order valence-corrected chi connectivity index (χ0v) is 11.5. The summed E-state index contributed by atoms with van der Waals surface area (Å²) in [5.74, 6) is 0.178. The second kappa shape index (κ2) is 4.31. The van der Waals surface area contributed by atoms with E-state index in [-0.39, 0.29) is 11.2 Å². The molecule has 0 fully saturated rings. The highest BCUT2D eigenvalue weighted by molar-refractivity contribution is 6.00. The molecule has 2 aromatic heterocycles. The predicted molar refractivity (Wildman–Crippen MR) is 76.7 cm³/mol. The van der Waals surface area contributed by atoms with Crippen molar-refractivity contribution in [1.82, 2.24) is 9.97 Å². The van der Waals surface area contributed by atoms with E-state index in [9.17, 15) is 4.79 Å². The van der Waals surface area contributed by atoms with Gasteiger partial charge in [0, 0.05) is 41.3 Å². The number of carbonyl (C=O) groups excluding carboxylic acids is 1. The summed E-state index contributed by atoms with van der Waals surface area (Å²) in [7, 11) is 0. The lowest BCUT2D eigenvalue weighted by atomic mass is 9.76. The lowest BCUT2D eigenvalue weighted by Crippen LogP contribution is -2.26. The van der Waals surface area contributed by atoms with Gasteiger partial charge in [0.15, 0.2) is 5.78 Å². The van der Waals surface area contributed by atoms with E-state index in [2.05, 4.69) is 28.7 Å². The molecule has 0 amide bonds. The van der Waals surface area contributed by atoms with E-state index in [4.69, 9.17) is 6.57 Å². The molecule has 0 spiro atoms. The largest absolute Gasteiger partial charge is 0.359 e. The number of Topliss-reactive ketones (excluding diaryl/α,β-unsaturated/α-hetero) is 1. The first-order valence-corrected chi connectivity index (χ1v) is 6.57. The SMILES string of the molecule is [C-]#[N+]c1cnccc1-c1cc2c([nH]1)CC(C)(C)CC2=O. The van der Waals surface area contributed by atoms with Gasteiger partial charge >= 0.3 is 0 Å². The third-order valence-electron chi connectivity index (χ3n) is 3.70.